The lowest BCUT2D eigenvalue weighted by atomic mass is 9.89. The summed E-state index contributed by atoms with van der Waals surface area (Å²) in [5.74, 6) is 0. The third kappa shape index (κ3) is 3.23. The number of hydrogen-bond acceptors (Lipinski definition) is 5. The van der Waals surface area contributed by atoms with Crippen molar-refractivity contribution in [3.05, 3.63) is 23.4 Å². The number of rotatable bonds is 2. The highest BCUT2D eigenvalue weighted by Gasteiger charge is 2.42. The summed E-state index contributed by atoms with van der Waals surface area (Å²) in [5.41, 5.74) is 1.59. The molecule has 0 bridgehead atoms. The lowest BCUT2D eigenvalue weighted by Gasteiger charge is -2.47. The normalized spacial score (nSPS) is 21.9. The number of anilines is 1. The molecule has 1 spiro atoms. The summed E-state index contributed by atoms with van der Waals surface area (Å²) in [6.07, 6.45) is 4.65. The van der Waals surface area contributed by atoms with Crippen LogP contribution in [0.5, 0.6) is 0 Å². The van der Waals surface area contributed by atoms with Crippen LogP contribution in [0.4, 0.5) is 5.69 Å². The number of hydrogen-bond donors (Lipinski definition) is 1. The Morgan fingerprint density at radius 3 is 2.76 bits per heavy atom. The van der Waals surface area contributed by atoms with Gasteiger partial charge >= 0.3 is 0 Å². The van der Waals surface area contributed by atoms with E-state index in [0.29, 0.717) is 24.7 Å². The third-order valence-corrected chi connectivity index (χ3v) is 6.67. The molecule has 2 fully saturated rings. The Morgan fingerprint density at radius 1 is 1.28 bits per heavy atom. The summed E-state index contributed by atoms with van der Waals surface area (Å²) < 4.78 is 31.4. The molecule has 4 rings (SSSR count). The van der Waals surface area contributed by atoms with Gasteiger partial charge in [0.2, 0.25) is 10.0 Å². The van der Waals surface area contributed by atoms with Gasteiger partial charge in [-0.05, 0) is 25.0 Å². The number of H-pyrrole nitrogens is 1. The maximum Gasteiger partial charge on any atom is 0.211 e. The van der Waals surface area contributed by atoms with Gasteiger partial charge in [-0.1, -0.05) is 11.6 Å². The number of sulfonamides is 1. The second-order valence-corrected chi connectivity index (χ2v) is 9.29. The van der Waals surface area contributed by atoms with E-state index in [4.69, 9.17) is 16.3 Å². The molecule has 0 saturated carbocycles. The van der Waals surface area contributed by atoms with Crippen LogP contribution in [0.25, 0.3) is 10.9 Å². The molecule has 0 radical (unpaired) electrons. The quantitative estimate of drug-likeness (QED) is 0.854. The first-order valence-corrected chi connectivity index (χ1v) is 10.6. The summed E-state index contributed by atoms with van der Waals surface area (Å²) >= 11 is 6.24. The first-order chi connectivity index (χ1) is 11.9. The molecule has 0 unspecified atom stereocenters. The highest BCUT2D eigenvalue weighted by Crippen LogP contribution is 2.36. The smallest absolute Gasteiger partial charge is 0.211 e. The molecule has 2 aliphatic rings. The second kappa shape index (κ2) is 6.12. The number of benzene rings is 1. The van der Waals surface area contributed by atoms with Crippen molar-refractivity contribution in [2.45, 2.75) is 18.4 Å². The molecule has 1 N–H and O–H groups in total. The fraction of sp³-hybridized carbons (Fsp3) is 0.562. The van der Waals surface area contributed by atoms with Gasteiger partial charge in [-0.15, -0.1) is 0 Å². The molecule has 2 aliphatic heterocycles. The van der Waals surface area contributed by atoms with E-state index in [9.17, 15) is 8.42 Å². The van der Waals surface area contributed by atoms with Gasteiger partial charge < -0.3 is 9.64 Å². The number of nitrogens with zero attached hydrogens (tertiary/aromatic N) is 3. The Kier molecular flexibility index (Phi) is 4.18. The van der Waals surface area contributed by atoms with Crippen molar-refractivity contribution in [3.63, 3.8) is 0 Å². The number of morpholine rings is 1. The highest BCUT2D eigenvalue weighted by atomic mass is 35.5. The number of aromatic amines is 1. The van der Waals surface area contributed by atoms with E-state index >= 15 is 0 Å². The van der Waals surface area contributed by atoms with Gasteiger partial charge in [0.25, 0.3) is 0 Å². The molecule has 3 heterocycles. The lowest BCUT2D eigenvalue weighted by molar-refractivity contribution is -0.102. The van der Waals surface area contributed by atoms with Crippen LogP contribution in [-0.2, 0) is 14.8 Å². The Hall–Kier alpha value is -1.35. The standard InChI is InChI=1S/C16H21ClN4O3S/c1-25(22,23)21-6-7-24-16(11-21)2-4-20(5-3-16)15-9-12(17)8-14-13(15)10-18-19-14/h8-10H,2-7,11H2,1H3,(H,18,19). The average Bonchev–Trinajstić information content (AvgIpc) is 3.02. The van der Waals surface area contributed by atoms with Gasteiger partial charge in [-0.25, -0.2) is 8.42 Å². The molecular formula is C16H21ClN4O3S. The number of fused-ring (bicyclic) bond motifs is 1. The number of aromatic nitrogens is 2. The second-order valence-electron chi connectivity index (χ2n) is 6.87. The van der Waals surface area contributed by atoms with Gasteiger partial charge in [0.05, 0.1) is 30.2 Å². The summed E-state index contributed by atoms with van der Waals surface area (Å²) in [4.78, 5) is 2.28. The van der Waals surface area contributed by atoms with Crippen molar-refractivity contribution < 1.29 is 13.2 Å². The van der Waals surface area contributed by atoms with Gasteiger partial charge in [-0.2, -0.15) is 9.40 Å². The van der Waals surface area contributed by atoms with Crippen LogP contribution in [-0.4, -0.2) is 67.6 Å². The van der Waals surface area contributed by atoms with Gasteiger partial charge in [0.15, 0.2) is 0 Å². The van der Waals surface area contributed by atoms with Crippen molar-refractivity contribution in [3.8, 4) is 0 Å². The van der Waals surface area contributed by atoms with Crippen molar-refractivity contribution in [1.82, 2.24) is 14.5 Å². The molecule has 9 heteroatoms. The summed E-state index contributed by atoms with van der Waals surface area (Å²) in [5, 5.41) is 8.78. The van der Waals surface area contributed by atoms with E-state index in [1.807, 2.05) is 18.3 Å². The molecule has 25 heavy (non-hydrogen) atoms. The largest absolute Gasteiger partial charge is 0.372 e. The molecule has 136 valence electrons. The zero-order valence-electron chi connectivity index (χ0n) is 14.0. The van der Waals surface area contributed by atoms with Crippen LogP contribution >= 0.6 is 11.6 Å². The molecule has 1 aromatic carbocycles. The number of halogens is 1. The fourth-order valence-electron chi connectivity index (χ4n) is 3.81. The minimum Gasteiger partial charge on any atom is -0.372 e. The maximum atomic E-state index is 11.9. The molecule has 0 aliphatic carbocycles. The molecule has 0 amide bonds. The molecule has 7 nitrogen and oxygen atoms in total. The van der Waals surface area contributed by atoms with Crippen LogP contribution < -0.4 is 4.90 Å². The van der Waals surface area contributed by atoms with Crippen LogP contribution in [0.1, 0.15) is 12.8 Å². The predicted molar refractivity (Wildman–Crippen MR) is 97.7 cm³/mol. The minimum atomic E-state index is -3.18. The van der Waals surface area contributed by atoms with E-state index in [-0.39, 0.29) is 5.60 Å². The van der Waals surface area contributed by atoms with E-state index in [1.165, 1.54) is 6.26 Å². The Labute approximate surface area is 151 Å². The van der Waals surface area contributed by atoms with Crippen LogP contribution in [0, 0.1) is 0 Å². The average molecular weight is 385 g/mol. The van der Waals surface area contributed by atoms with Gasteiger partial charge in [0, 0.05) is 42.3 Å². The van der Waals surface area contributed by atoms with Crippen molar-refractivity contribution in [2.24, 2.45) is 0 Å². The zero-order valence-corrected chi connectivity index (χ0v) is 15.6. The summed E-state index contributed by atoms with van der Waals surface area (Å²) in [7, 11) is -3.18. The molecule has 1 aromatic heterocycles. The Morgan fingerprint density at radius 2 is 2.04 bits per heavy atom. The Bertz CT molecular complexity index is 890. The van der Waals surface area contributed by atoms with Crippen molar-refractivity contribution in [2.75, 3.05) is 43.9 Å². The predicted octanol–water partition coefficient (Wildman–Crippen LogP) is 1.85. The third-order valence-electron chi connectivity index (χ3n) is 5.20. The number of nitrogens with one attached hydrogen (secondary N) is 1. The number of piperidine rings is 1. The SMILES string of the molecule is CS(=O)(=O)N1CCOC2(CCN(c3cc(Cl)cc4[nH]ncc34)CC2)C1. The van der Waals surface area contributed by atoms with Gasteiger partial charge in [0.1, 0.15) is 0 Å². The zero-order chi connectivity index (χ0) is 17.7. The first-order valence-electron chi connectivity index (χ1n) is 8.33. The summed E-state index contributed by atoms with van der Waals surface area (Å²) in [6.45, 7) is 2.91. The van der Waals surface area contributed by atoms with Crippen molar-refractivity contribution >= 4 is 38.2 Å². The molecule has 2 saturated heterocycles. The Balaban J connectivity index is 1.54. The topological polar surface area (TPSA) is 78.5 Å². The van der Waals surface area contributed by atoms with E-state index < -0.39 is 10.0 Å². The van der Waals surface area contributed by atoms with Crippen LogP contribution in [0.15, 0.2) is 18.3 Å². The van der Waals surface area contributed by atoms with E-state index in [0.717, 1.165) is 42.5 Å². The van der Waals surface area contributed by atoms with E-state index in [1.54, 1.807) is 4.31 Å². The molecular weight excluding hydrogens is 364 g/mol. The molecule has 2 aromatic rings. The molecule has 0 atom stereocenters. The van der Waals surface area contributed by atoms with Gasteiger partial charge in [-0.3, -0.25) is 5.10 Å². The number of ether oxygens (including phenoxy) is 1. The maximum absolute atomic E-state index is 11.9. The van der Waals surface area contributed by atoms with E-state index in [2.05, 4.69) is 15.1 Å². The van der Waals surface area contributed by atoms with Crippen LogP contribution in [0.2, 0.25) is 5.02 Å². The summed E-state index contributed by atoms with van der Waals surface area (Å²) in [6, 6.07) is 3.83. The lowest BCUT2D eigenvalue weighted by Crippen LogP contribution is -2.57. The first kappa shape index (κ1) is 17.1. The fourth-order valence-corrected chi connectivity index (χ4v) is 4.90. The monoisotopic (exact) mass is 384 g/mol. The van der Waals surface area contributed by atoms with Crippen molar-refractivity contribution in [1.29, 1.82) is 0 Å². The van der Waals surface area contributed by atoms with Crippen LogP contribution in [0.3, 0.4) is 0 Å². The highest BCUT2D eigenvalue weighted by molar-refractivity contribution is 7.88. The minimum absolute atomic E-state index is 0.383.